The molecule has 0 N–H and O–H groups in total. The molecule has 1 aromatic carbocycles. The third-order valence-corrected chi connectivity index (χ3v) is 4.56. The minimum absolute atomic E-state index is 0.710. The van der Waals surface area contributed by atoms with Gasteiger partial charge < -0.3 is 13.9 Å². The van der Waals surface area contributed by atoms with E-state index in [0.29, 0.717) is 5.75 Å². The predicted molar refractivity (Wildman–Crippen MR) is 94.5 cm³/mol. The van der Waals surface area contributed by atoms with E-state index in [1.807, 2.05) is 30.3 Å². The molecule has 126 valence electrons. The highest BCUT2D eigenvalue weighted by Gasteiger charge is 2.11. The molecule has 6 heteroatoms. The lowest BCUT2D eigenvalue weighted by Crippen LogP contribution is -2.16. The van der Waals surface area contributed by atoms with Crippen LogP contribution in [0.15, 0.2) is 46.4 Å². The van der Waals surface area contributed by atoms with Crippen LogP contribution in [0, 0.1) is 0 Å². The molecule has 0 fully saturated rings. The molecule has 0 amide bonds. The number of hydrogen-bond acceptors (Lipinski definition) is 6. The monoisotopic (exact) mass is 344 g/mol. The molecule has 0 aliphatic carbocycles. The van der Waals surface area contributed by atoms with Gasteiger partial charge in [-0.2, -0.15) is 0 Å². The van der Waals surface area contributed by atoms with Gasteiger partial charge in [-0.3, -0.25) is 4.90 Å². The fourth-order valence-electron chi connectivity index (χ4n) is 2.48. The van der Waals surface area contributed by atoms with Gasteiger partial charge in [0, 0.05) is 17.5 Å². The van der Waals surface area contributed by atoms with Crippen LogP contribution in [0.1, 0.15) is 11.5 Å². The van der Waals surface area contributed by atoms with Crippen molar-refractivity contribution in [2.45, 2.75) is 13.1 Å². The number of thiazole rings is 1. The van der Waals surface area contributed by atoms with Gasteiger partial charge in [0.25, 0.3) is 0 Å². The van der Waals surface area contributed by atoms with Crippen molar-refractivity contribution in [3.63, 3.8) is 0 Å². The minimum Gasteiger partial charge on any atom is -0.493 e. The van der Waals surface area contributed by atoms with Crippen molar-refractivity contribution in [2.75, 3.05) is 21.3 Å². The maximum atomic E-state index is 5.38. The van der Waals surface area contributed by atoms with E-state index < -0.39 is 0 Å². The van der Waals surface area contributed by atoms with Gasteiger partial charge in [0.15, 0.2) is 11.5 Å². The van der Waals surface area contributed by atoms with Crippen LogP contribution in [0.4, 0.5) is 0 Å². The highest BCUT2D eigenvalue weighted by Crippen LogP contribution is 2.33. The van der Waals surface area contributed by atoms with Crippen LogP contribution in [-0.2, 0) is 13.1 Å². The first kappa shape index (κ1) is 16.5. The Kier molecular flexibility index (Phi) is 5.17. The molecule has 0 bridgehead atoms. The Labute approximate surface area is 145 Å². The summed E-state index contributed by atoms with van der Waals surface area (Å²) in [5, 5.41) is 3.06. The Balaban J connectivity index is 1.71. The third kappa shape index (κ3) is 3.77. The standard InChI is InChI=1S/C18H20N2O3S/c1-20(11-15-5-4-8-23-15)10-14-12-24-18(19-14)13-6-7-16(21-2)17(9-13)22-3/h4-9,12H,10-11H2,1-3H3. The van der Waals surface area contributed by atoms with Crippen molar-refractivity contribution in [3.05, 3.63) is 53.4 Å². The zero-order chi connectivity index (χ0) is 16.9. The van der Waals surface area contributed by atoms with E-state index in [9.17, 15) is 0 Å². The second kappa shape index (κ2) is 7.51. The molecule has 24 heavy (non-hydrogen) atoms. The van der Waals surface area contributed by atoms with Crippen molar-refractivity contribution < 1.29 is 13.9 Å². The van der Waals surface area contributed by atoms with E-state index in [1.54, 1.807) is 31.8 Å². The number of nitrogens with zero attached hydrogens (tertiary/aromatic N) is 2. The van der Waals surface area contributed by atoms with Crippen molar-refractivity contribution >= 4 is 11.3 Å². The fourth-order valence-corrected chi connectivity index (χ4v) is 3.29. The molecule has 2 heterocycles. The van der Waals surface area contributed by atoms with E-state index in [2.05, 4.69) is 17.3 Å². The summed E-state index contributed by atoms with van der Waals surface area (Å²) in [6, 6.07) is 9.73. The lowest BCUT2D eigenvalue weighted by Gasteiger charge is -2.13. The SMILES string of the molecule is COc1ccc(-c2nc(CN(C)Cc3ccco3)cs2)cc1OC. The van der Waals surface area contributed by atoms with Crippen LogP contribution in [0.25, 0.3) is 10.6 Å². The molecule has 3 aromatic rings. The van der Waals surface area contributed by atoms with Crippen LogP contribution in [0.2, 0.25) is 0 Å². The van der Waals surface area contributed by atoms with Crippen molar-refractivity contribution in [1.29, 1.82) is 0 Å². The van der Waals surface area contributed by atoms with E-state index in [4.69, 9.17) is 18.9 Å². The highest BCUT2D eigenvalue weighted by atomic mass is 32.1. The fraction of sp³-hybridized carbons (Fsp3) is 0.278. The summed E-state index contributed by atoms with van der Waals surface area (Å²) < 4.78 is 16.0. The predicted octanol–water partition coefficient (Wildman–Crippen LogP) is 4.05. The summed E-state index contributed by atoms with van der Waals surface area (Å²) in [7, 11) is 5.32. The van der Waals surface area contributed by atoms with Gasteiger partial charge in [0.05, 0.1) is 32.7 Å². The quantitative estimate of drug-likeness (QED) is 0.647. The topological polar surface area (TPSA) is 47.7 Å². The second-order valence-electron chi connectivity index (χ2n) is 5.47. The molecule has 0 aliphatic heterocycles. The first-order valence-corrected chi connectivity index (χ1v) is 8.45. The number of rotatable bonds is 7. The maximum absolute atomic E-state index is 5.38. The smallest absolute Gasteiger partial charge is 0.161 e. The normalized spacial score (nSPS) is 11.0. The number of benzene rings is 1. The Morgan fingerprint density at radius 2 is 1.96 bits per heavy atom. The van der Waals surface area contributed by atoms with Crippen LogP contribution in [0.3, 0.4) is 0 Å². The molecule has 0 saturated heterocycles. The number of hydrogen-bond donors (Lipinski definition) is 0. The molecule has 0 aliphatic rings. The van der Waals surface area contributed by atoms with E-state index in [-0.39, 0.29) is 0 Å². The number of methoxy groups -OCH3 is 2. The molecule has 0 atom stereocenters. The maximum Gasteiger partial charge on any atom is 0.161 e. The summed E-state index contributed by atoms with van der Waals surface area (Å²) in [5.74, 6) is 2.38. The number of furan rings is 1. The van der Waals surface area contributed by atoms with E-state index >= 15 is 0 Å². The summed E-state index contributed by atoms with van der Waals surface area (Å²) in [4.78, 5) is 6.90. The minimum atomic E-state index is 0.710. The lowest BCUT2D eigenvalue weighted by atomic mass is 10.2. The van der Waals surface area contributed by atoms with Gasteiger partial charge in [0.2, 0.25) is 0 Å². The summed E-state index contributed by atoms with van der Waals surface area (Å²) in [6.45, 7) is 1.53. The van der Waals surface area contributed by atoms with Crippen LogP contribution in [0.5, 0.6) is 11.5 Å². The third-order valence-electron chi connectivity index (χ3n) is 3.62. The largest absolute Gasteiger partial charge is 0.493 e. The Hall–Kier alpha value is -2.31. The van der Waals surface area contributed by atoms with Crippen LogP contribution >= 0.6 is 11.3 Å². The van der Waals surface area contributed by atoms with Crippen LogP contribution in [-0.4, -0.2) is 31.2 Å². The van der Waals surface area contributed by atoms with Gasteiger partial charge >= 0.3 is 0 Å². The van der Waals surface area contributed by atoms with Gasteiger partial charge in [-0.25, -0.2) is 4.98 Å². The molecule has 0 radical (unpaired) electrons. The van der Waals surface area contributed by atoms with Gasteiger partial charge in [0.1, 0.15) is 10.8 Å². The zero-order valence-corrected chi connectivity index (χ0v) is 14.8. The molecule has 3 rings (SSSR count). The summed E-state index contributed by atoms with van der Waals surface area (Å²) in [6.07, 6.45) is 1.70. The zero-order valence-electron chi connectivity index (χ0n) is 14.0. The molecule has 2 aromatic heterocycles. The molecule has 5 nitrogen and oxygen atoms in total. The summed E-state index contributed by atoms with van der Waals surface area (Å²) in [5.41, 5.74) is 2.07. The molecule has 0 saturated carbocycles. The van der Waals surface area contributed by atoms with E-state index in [0.717, 1.165) is 40.9 Å². The first-order valence-electron chi connectivity index (χ1n) is 7.57. The van der Waals surface area contributed by atoms with Gasteiger partial charge in [-0.05, 0) is 37.4 Å². The summed E-state index contributed by atoms with van der Waals surface area (Å²) >= 11 is 1.63. The number of ether oxygens (including phenoxy) is 2. The average molecular weight is 344 g/mol. The second-order valence-corrected chi connectivity index (χ2v) is 6.32. The lowest BCUT2D eigenvalue weighted by molar-refractivity contribution is 0.285. The van der Waals surface area contributed by atoms with E-state index in [1.165, 1.54) is 0 Å². The Bertz CT molecular complexity index is 783. The first-order chi connectivity index (χ1) is 11.7. The van der Waals surface area contributed by atoms with Gasteiger partial charge in [-0.1, -0.05) is 0 Å². The molecular formula is C18H20N2O3S. The average Bonchev–Trinajstić information content (AvgIpc) is 3.26. The van der Waals surface area contributed by atoms with Gasteiger partial charge in [-0.15, -0.1) is 11.3 Å². The van der Waals surface area contributed by atoms with Crippen molar-refractivity contribution in [2.24, 2.45) is 0 Å². The Morgan fingerprint density at radius 3 is 2.67 bits per heavy atom. The highest BCUT2D eigenvalue weighted by molar-refractivity contribution is 7.13. The molecule has 0 spiro atoms. The molecular weight excluding hydrogens is 324 g/mol. The number of aromatic nitrogens is 1. The molecule has 0 unspecified atom stereocenters. The van der Waals surface area contributed by atoms with Crippen molar-refractivity contribution in [1.82, 2.24) is 9.88 Å². The Morgan fingerprint density at radius 1 is 1.12 bits per heavy atom. The van der Waals surface area contributed by atoms with Crippen molar-refractivity contribution in [3.8, 4) is 22.1 Å². The van der Waals surface area contributed by atoms with Crippen LogP contribution < -0.4 is 9.47 Å².